The van der Waals surface area contributed by atoms with Crippen LogP contribution in [-0.4, -0.2) is 66.1 Å². The van der Waals surface area contributed by atoms with Crippen molar-refractivity contribution < 1.29 is 4.79 Å². The number of nitrogens with zero attached hydrogens (tertiary/aromatic N) is 2. The van der Waals surface area contributed by atoms with E-state index in [1.165, 1.54) is 25.3 Å². The van der Waals surface area contributed by atoms with Gasteiger partial charge >= 0.3 is 6.03 Å². The van der Waals surface area contributed by atoms with Crippen molar-refractivity contribution in [1.82, 2.24) is 15.1 Å². The maximum atomic E-state index is 12.3. The Labute approximate surface area is 134 Å². The molecule has 2 aliphatic rings. The number of hydrogen-bond acceptors (Lipinski definition) is 3. The summed E-state index contributed by atoms with van der Waals surface area (Å²) in [6.45, 7) is 11.9. The minimum absolute atomic E-state index is 0.128. The molecule has 0 spiro atoms. The number of piperidine rings is 1. The van der Waals surface area contributed by atoms with E-state index in [2.05, 4.69) is 31.0 Å². The first-order chi connectivity index (χ1) is 10.0. The van der Waals surface area contributed by atoms with Gasteiger partial charge in [0.1, 0.15) is 0 Å². The van der Waals surface area contributed by atoms with E-state index in [-0.39, 0.29) is 12.1 Å². The monoisotopic (exact) mass is 313 g/mol. The summed E-state index contributed by atoms with van der Waals surface area (Å²) in [7, 11) is 0. The van der Waals surface area contributed by atoms with E-state index in [0.717, 1.165) is 43.6 Å². The predicted octanol–water partition coefficient (Wildman–Crippen LogP) is 2.50. The van der Waals surface area contributed by atoms with Crippen LogP contribution < -0.4 is 5.32 Å². The highest BCUT2D eigenvalue weighted by Gasteiger charge is 2.24. The van der Waals surface area contributed by atoms with Gasteiger partial charge in [0, 0.05) is 44.5 Å². The van der Waals surface area contributed by atoms with Crippen LogP contribution in [0.25, 0.3) is 0 Å². The van der Waals surface area contributed by atoms with Gasteiger partial charge in [-0.2, -0.15) is 11.8 Å². The zero-order valence-corrected chi connectivity index (χ0v) is 14.6. The molecule has 122 valence electrons. The molecule has 0 aliphatic carbocycles. The molecule has 2 heterocycles. The molecular weight excluding hydrogens is 282 g/mol. The molecule has 2 fully saturated rings. The summed E-state index contributed by atoms with van der Waals surface area (Å²) in [5.74, 6) is 3.81. The lowest BCUT2D eigenvalue weighted by atomic mass is 9.92. The average Bonchev–Trinajstić information content (AvgIpc) is 2.65. The third-order valence-electron chi connectivity index (χ3n) is 4.36. The Kier molecular flexibility index (Phi) is 6.68. The smallest absolute Gasteiger partial charge is 0.317 e. The molecule has 2 saturated heterocycles. The van der Waals surface area contributed by atoms with Gasteiger partial charge < -0.3 is 15.1 Å². The predicted molar refractivity (Wildman–Crippen MR) is 90.9 cm³/mol. The minimum Gasteiger partial charge on any atom is -0.334 e. The van der Waals surface area contributed by atoms with Gasteiger partial charge in [-0.15, -0.1) is 0 Å². The van der Waals surface area contributed by atoms with E-state index in [4.69, 9.17) is 0 Å². The molecule has 0 bridgehead atoms. The van der Waals surface area contributed by atoms with Crippen molar-refractivity contribution in [2.45, 2.75) is 39.7 Å². The van der Waals surface area contributed by atoms with Crippen LogP contribution in [0.3, 0.4) is 0 Å². The minimum atomic E-state index is 0.128. The maximum Gasteiger partial charge on any atom is 0.317 e. The van der Waals surface area contributed by atoms with Gasteiger partial charge in [-0.3, -0.25) is 0 Å². The highest BCUT2D eigenvalue weighted by atomic mass is 32.2. The molecule has 0 radical (unpaired) electrons. The summed E-state index contributed by atoms with van der Waals surface area (Å²) >= 11 is 1.95. The second-order valence-electron chi connectivity index (χ2n) is 6.97. The van der Waals surface area contributed by atoms with Crippen LogP contribution in [0.4, 0.5) is 4.79 Å². The Morgan fingerprint density at radius 1 is 1.24 bits per heavy atom. The van der Waals surface area contributed by atoms with Crippen molar-refractivity contribution >= 4 is 17.8 Å². The van der Waals surface area contributed by atoms with Crippen molar-refractivity contribution in [2.24, 2.45) is 11.8 Å². The normalized spacial score (nSPS) is 29.8. The second kappa shape index (κ2) is 8.28. The Bertz CT molecular complexity index is 321. The van der Waals surface area contributed by atoms with Gasteiger partial charge in [-0.25, -0.2) is 4.79 Å². The quantitative estimate of drug-likeness (QED) is 0.869. The fraction of sp³-hybridized carbons (Fsp3) is 0.938. The van der Waals surface area contributed by atoms with Crippen LogP contribution in [0.2, 0.25) is 0 Å². The van der Waals surface area contributed by atoms with Crippen molar-refractivity contribution in [3.05, 3.63) is 0 Å². The molecule has 0 saturated carbocycles. The standard InChI is InChI=1S/C16H31N3OS/c1-13-9-14(2)11-18(10-13)12-15(3)17-16(20)19-5-4-7-21-8-6-19/h13-15H,4-12H2,1-3H3,(H,17,20). The number of hydrogen-bond donors (Lipinski definition) is 1. The largest absolute Gasteiger partial charge is 0.334 e. The van der Waals surface area contributed by atoms with Crippen LogP contribution >= 0.6 is 11.8 Å². The lowest BCUT2D eigenvalue weighted by Gasteiger charge is -2.36. The summed E-state index contributed by atoms with van der Waals surface area (Å²) in [4.78, 5) is 16.8. The topological polar surface area (TPSA) is 35.6 Å². The van der Waals surface area contributed by atoms with Crippen LogP contribution in [0, 0.1) is 11.8 Å². The average molecular weight is 314 g/mol. The number of nitrogens with one attached hydrogen (secondary N) is 1. The number of carbonyl (C=O) groups excluding carboxylic acids is 1. The first-order valence-corrected chi connectivity index (χ1v) is 9.55. The van der Waals surface area contributed by atoms with Crippen LogP contribution in [0.1, 0.15) is 33.6 Å². The van der Waals surface area contributed by atoms with Gasteiger partial charge in [0.15, 0.2) is 0 Å². The Morgan fingerprint density at radius 2 is 1.95 bits per heavy atom. The molecule has 1 N–H and O–H groups in total. The van der Waals surface area contributed by atoms with Crippen molar-refractivity contribution in [2.75, 3.05) is 44.2 Å². The molecule has 4 nitrogen and oxygen atoms in total. The van der Waals surface area contributed by atoms with Crippen molar-refractivity contribution in [3.8, 4) is 0 Å². The van der Waals surface area contributed by atoms with Crippen LogP contribution in [0.15, 0.2) is 0 Å². The van der Waals surface area contributed by atoms with Gasteiger partial charge in [0.05, 0.1) is 0 Å². The van der Waals surface area contributed by atoms with Crippen molar-refractivity contribution in [3.63, 3.8) is 0 Å². The summed E-state index contributed by atoms with van der Waals surface area (Å²) in [6.07, 6.45) is 2.45. The lowest BCUT2D eigenvalue weighted by Crippen LogP contribution is -2.50. The zero-order valence-electron chi connectivity index (χ0n) is 13.8. The summed E-state index contributed by atoms with van der Waals surface area (Å²) in [5, 5.41) is 3.19. The summed E-state index contributed by atoms with van der Waals surface area (Å²) < 4.78 is 0. The number of rotatable bonds is 3. The maximum absolute atomic E-state index is 12.3. The molecule has 3 unspecified atom stereocenters. The Balaban J connectivity index is 1.75. The molecule has 2 aliphatic heterocycles. The molecular formula is C16H31N3OS. The molecule has 0 aromatic rings. The first kappa shape index (κ1) is 16.9. The van der Waals surface area contributed by atoms with E-state index in [9.17, 15) is 4.79 Å². The fourth-order valence-corrected chi connectivity index (χ4v) is 4.51. The fourth-order valence-electron chi connectivity index (χ4n) is 3.63. The highest BCUT2D eigenvalue weighted by molar-refractivity contribution is 7.99. The Morgan fingerprint density at radius 3 is 2.67 bits per heavy atom. The van der Waals surface area contributed by atoms with Gasteiger partial charge in [0.25, 0.3) is 0 Å². The van der Waals surface area contributed by atoms with Crippen LogP contribution in [0.5, 0.6) is 0 Å². The van der Waals surface area contributed by atoms with Crippen molar-refractivity contribution in [1.29, 1.82) is 0 Å². The summed E-state index contributed by atoms with van der Waals surface area (Å²) in [6, 6.07) is 0.356. The summed E-state index contributed by atoms with van der Waals surface area (Å²) in [5.41, 5.74) is 0. The number of likely N-dealkylation sites (tertiary alicyclic amines) is 1. The third-order valence-corrected chi connectivity index (χ3v) is 5.40. The number of urea groups is 1. The Hall–Kier alpha value is -0.420. The number of thioether (sulfide) groups is 1. The molecule has 0 aromatic carbocycles. The molecule has 21 heavy (non-hydrogen) atoms. The first-order valence-electron chi connectivity index (χ1n) is 8.40. The SMILES string of the molecule is CC1CC(C)CN(CC(C)NC(=O)N2CCCSCC2)C1. The zero-order chi connectivity index (χ0) is 15.2. The second-order valence-corrected chi connectivity index (χ2v) is 8.19. The van der Waals surface area contributed by atoms with E-state index >= 15 is 0 Å². The lowest BCUT2D eigenvalue weighted by molar-refractivity contribution is 0.129. The number of carbonyl (C=O) groups is 1. The third kappa shape index (κ3) is 5.70. The highest BCUT2D eigenvalue weighted by Crippen LogP contribution is 2.20. The molecule has 2 amide bonds. The molecule has 5 heteroatoms. The van der Waals surface area contributed by atoms with Crippen LogP contribution in [-0.2, 0) is 0 Å². The van der Waals surface area contributed by atoms with E-state index in [1.54, 1.807) is 0 Å². The molecule has 2 rings (SSSR count). The van der Waals surface area contributed by atoms with Gasteiger partial charge in [0.2, 0.25) is 0 Å². The van der Waals surface area contributed by atoms with E-state index < -0.39 is 0 Å². The molecule has 3 atom stereocenters. The van der Waals surface area contributed by atoms with Gasteiger partial charge in [-0.05, 0) is 37.4 Å². The molecule has 0 aromatic heterocycles. The van der Waals surface area contributed by atoms with Gasteiger partial charge in [-0.1, -0.05) is 13.8 Å². The van der Waals surface area contributed by atoms with E-state index in [0.29, 0.717) is 0 Å². The number of amides is 2. The van der Waals surface area contributed by atoms with E-state index in [1.807, 2.05) is 16.7 Å².